The first kappa shape index (κ1) is 11.0. The molecule has 1 heterocycles. The van der Waals surface area contributed by atoms with Crippen LogP contribution in [-0.2, 0) is 0 Å². The van der Waals surface area contributed by atoms with Crippen molar-refractivity contribution in [2.24, 2.45) is 11.3 Å². The van der Waals surface area contributed by atoms with Crippen LogP contribution in [0.1, 0.15) is 33.6 Å². The van der Waals surface area contributed by atoms with Crippen molar-refractivity contribution >= 4 is 8.41 Å². The largest absolute Gasteiger partial charge is 0.317 e. The summed E-state index contributed by atoms with van der Waals surface area (Å²) in [6.45, 7) is 9.50. The summed E-state index contributed by atoms with van der Waals surface area (Å²) in [6.07, 6.45) is 2.73. The van der Waals surface area contributed by atoms with Crippen molar-refractivity contribution in [1.29, 1.82) is 0 Å². The molecule has 1 rings (SSSR count). The maximum Gasteiger partial charge on any atom is 0.0814 e. The van der Waals surface area contributed by atoms with Crippen LogP contribution < -0.4 is 5.32 Å². The zero-order valence-corrected chi connectivity index (χ0v) is 7.41. The summed E-state index contributed by atoms with van der Waals surface area (Å²) in [6, 6.07) is 0. The highest BCUT2D eigenvalue weighted by Gasteiger charge is 2.25. The molecule has 0 spiro atoms. The van der Waals surface area contributed by atoms with Crippen molar-refractivity contribution in [3.8, 4) is 0 Å². The van der Waals surface area contributed by atoms with E-state index in [1.807, 2.05) is 0 Å². The van der Waals surface area contributed by atoms with Gasteiger partial charge in [0, 0.05) is 0 Å². The molecular formula is C9H22BN. The van der Waals surface area contributed by atoms with Gasteiger partial charge in [0.2, 0.25) is 0 Å². The second-order valence-electron chi connectivity index (χ2n) is 4.39. The Kier molecular flexibility index (Phi) is 4.16. The molecule has 0 aliphatic carbocycles. The number of nitrogens with one attached hydrogen (secondary N) is 1. The van der Waals surface area contributed by atoms with E-state index in [-0.39, 0.29) is 8.41 Å². The van der Waals surface area contributed by atoms with Gasteiger partial charge < -0.3 is 5.32 Å². The van der Waals surface area contributed by atoms with Crippen LogP contribution in [0, 0.1) is 11.3 Å². The minimum Gasteiger partial charge on any atom is -0.317 e. The Hall–Kier alpha value is 0.0249. The summed E-state index contributed by atoms with van der Waals surface area (Å²) in [5.41, 5.74) is 0.530. The van der Waals surface area contributed by atoms with E-state index in [1.165, 1.54) is 25.9 Å². The highest BCUT2D eigenvalue weighted by molar-refractivity contribution is 5.75. The summed E-state index contributed by atoms with van der Waals surface area (Å²) >= 11 is 0. The summed E-state index contributed by atoms with van der Waals surface area (Å²) < 4.78 is 0. The third kappa shape index (κ3) is 3.28. The van der Waals surface area contributed by atoms with Crippen LogP contribution in [0.3, 0.4) is 0 Å². The van der Waals surface area contributed by atoms with Crippen LogP contribution in [0.15, 0.2) is 0 Å². The lowest BCUT2D eigenvalue weighted by Crippen LogP contribution is -2.34. The SMILES string of the molecule is B.CC(C)(C)C1CCNCC1. The molecule has 1 saturated heterocycles. The molecule has 0 bridgehead atoms. The molecule has 0 unspecified atom stereocenters. The fourth-order valence-electron chi connectivity index (χ4n) is 1.69. The maximum absolute atomic E-state index is 3.39. The third-order valence-corrected chi connectivity index (χ3v) is 2.56. The standard InChI is InChI=1S/C9H19N.BH3/c1-9(2,3)8-4-6-10-7-5-8;/h8,10H,4-7H2,1-3H3;1H3. The van der Waals surface area contributed by atoms with Gasteiger partial charge in [0.1, 0.15) is 0 Å². The van der Waals surface area contributed by atoms with Gasteiger partial charge in [0.25, 0.3) is 0 Å². The Balaban J connectivity index is 0.000001000. The molecule has 0 radical (unpaired) electrons. The molecule has 66 valence electrons. The highest BCUT2D eigenvalue weighted by atomic mass is 14.9. The number of hydrogen-bond donors (Lipinski definition) is 1. The third-order valence-electron chi connectivity index (χ3n) is 2.56. The van der Waals surface area contributed by atoms with E-state index in [0.29, 0.717) is 5.41 Å². The van der Waals surface area contributed by atoms with Gasteiger partial charge in [0.05, 0.1) is 8.41 Å². The molecule has 1 aliphatic heterocycles. The van der Waals surface area contributed by atoms with E-state index in [4.69, 9.17) is 0 Å². The lowest BCUT2D eigenvalue weighted by Gasteiger charge is -2.34. The van der Waals surface area contributed by atoms with Gasteiger partial charge in [-0.25, -0.2) is 0 Å². The van der Waals surface area contributed by atoms with Gasteiger partial charge in [-0.05, 0) is 37.3 Å². The first-order valence-corrected chi connectivity index (χ1v) is 4.31. The van der Waals surface area contributed by atoms with Gasteiger partial charge >= 0.3 is 0 Å². The molecule has 1 aliphatic rings. The van der Waals surface area contributed by atoms with E-state index in [9.17, 15) is 0 Å². The molecule has 1 nitrogen and oxygen atoms in total. The van der Waals surface area contributed by atoms with Crippen LogP contribution in [0.2, 0.25) is 0 Å². The van der Waals surface area contributed by atoms with E-state index >= 15 is 0 Å². The van der Waals surface area contributed by atoms with Crippen LogP contribution in [0.25, 0.3) is 0 Å². The average molecular weight is 155 g/mol. The van der Waals surface area contributed by atoms with Crippen LogP contribution in [0.4, 0.5) is 0 Å². The van der Waals surface area contributed by atoms with Gasteiger partial charge in [-0.3, -0.25) is 0 Å². The fraction of sp³-hybridized carbons (Fsp3) is 1.00. The summed E-state index contributed by atoms with van der Waals surface area (Å²) in [4.78, 5) is 0. The molecule has 0 atom stereocenters. The van der Waals surface area contributed by atoms with Gasteiger partial charge in [-0.15, -0.1) is 0 Å². The van der Waals surface area contributed by atoms with Crippen molar-refractivity contribution in [2.45, 2.75) is 33.6 Å². The highest BCUT2D eigenvalue weighted by Crippen LogP contribution is 2.32. The summed E-state index contributed by atoms with van der Waals surface area (Å²) in [7, 11) is 0. The zero-order chi connectivity index (χ0) is 7.61. The molecular weight excluding hydrogens is 133 g/mol. The van der Waals surface area contributed by atoms with Crippen molar-refractivity contribution in [1.82, 2.24) is 5.32 Å². The molecule has 2 heteroatoms. The van der Waals surface area contributed by atoms with Crippen LogP contribution >= 0.6 is 0 Å². The molecule has 0 saturated carbocycles. The Morgan fingerprint density at radius 2 is 1.55 bits per heavy atom. The molecule has 0 aromatic carbocycles. The van der Waals surface area contributed by atoms with Crippen molar-refractivity contribution < 1.29 is 0 Å². The van der Waals surface area contributed by atoms with Crippen LogP contribution in [-0.4, -0.2) is 21.5 Å². The molecule has 1 fully saturated rings. The van der Waals surface area contributed by atoms with Crippen molar-refractivity contribution in [3.63, 3.8) is 0 Å². The second-order valence-corrected chi connectivity index (χ2v) is 4.39. The van der Waals surface area contributed by atoms with Gasteiger partial charge in [-0.2, -0.15) is 0 Å². The first-order chi connectivity index (χ1) is 4.61. The summed E-state index contributed by atoms with van der Waals surface area (Å²) in [5, 5.41) is 3.39. The number of piperidine rings is 1. The van der Waals surface area contributed by atoms with Crippen molar-refractivity contribution in [3.05, 3.63) is 0 Å². The van der Waals surface area contributed by atoms with E-state index in [0.717, 1.165) is 5.92 Å². The van der Waals surface area contributed by atoms with Gasteiger partial charge in [-0.1, -0.05) is 20.8 Å². The monoisotopic (exact) mass is 155 g/mol. The zero-order valence-electron chi connectivity index (χ0n) is 7.41. The lowest BCUT2D eigenvalue weighted by atomic mass is 9.76. The second kappa shape index (κ2) is 4.15. The number of rotatable bonds is 0. The Bertz CT molecular complexity index is 101. The number of hydrogen-bond acceptors (Lipinski definition) is 1. The maximum atomic E-state index is 3.39. The molecule has 0 amide bonds. The van der Waals surface area contributed by atoms with E-state index in [1.54, 1.807) is 0 Å². The average Bonchev–Trinajstić information content (AvgIpc) is 1.88. The van der Waals surface area contributed by atoms with E-state index < -0.39 is 0 Å². The Morgan fingerprint density at radius 3 is 1.82 bits per heavy atom. The Morgan fingerprint density at radius 1 is 1.09 bits per heavy atom. The van der Waals surface area contributed by atoms with Crippen LogP contribution in [0.5, 0.6) is 0 Å². The normalized spacial score (nSPS) is 21.0. The molecule has 11 heavy (non-hydrogen) atoms. The predicted molar refractivity (Wildman–Crippen MR) is 55.0 cm³/mol. The van der Waals surface area contributed by atoms with Crippen molar-refractivity contribution in [2.75, 3.05) is 13.1 Å². The molecule has 1 N–H and O–H groups in total. The predicted octanol–water partition coefficient (Wildman–Crippen LogP) is 0.848. The summed E-state index contributed by atoms with van der Waals surface area (Å²) in [5.74, 6) is 0.939. The molecule has 0 aromatic heterocycles. The topological polar surface area (TPSA) is 12.0 Å². The molecule has 0 aromatic rings. The van der Waals surface area contributed by atoms with Gasteiger partial charge in [0.15, 0.2) is 0 Å². The minimum absolute atomic E-state index is 0. The first-order valence-electron chi connectivity index (χ1n) is 4.31. The quantitative estimate of drug-likeness (QED) is 0.511. The van der Waals surface area contributed by atoms with E-state index in [2.05, 4.69) is 26.1 Å². The fourth-order valence-corrected chi connectivity index (χ4v) is 1.69. The smallest absolute Gasteiger partial charge is 0.0814 e. The Labute approximate surface area is 72.5 Å². The minimum atomic E-state index is 0. The lowest BCUT2D eigenvalue weighted by molar-refractivity contribution is 0.188.